The van der Waals surface area contributed by atoms with Crippen LogP contribution in [-0.2, 0) is 4.79 Å². The minimum absolute atomic E-state index is 0.301. The molecule has 1 aromatic rings. The number of aromatic amines is 1. The monoisotopic (exact) mass is 266 g/mol. The Hall–Kier alpha value is -2.05. The Labute approximate surface area is 110 Å². The molecule has 0 aromatic carbocycles. The van der Waals surface area contributed by atoms with Crippen molar-refractivity contribution in [1.29, 1.82) is 0 Å². The van der Waals surface area contributed by atoms with Crippen LogP contribution in [0.3, 0.4) is 0 Å². The lowest BCUT2D eigenvalue weighted by Crippen LogP contribution is -2.42. The summed E-state index contributed by atoms with van der Waals surface area (Å²) >= 11 is 0. The Balaban J connectivity index is 1.96. The molecule has 2 atom stereocenters. The van der Waals surface area contributed by atoms with Crippen molar-refractivity contribution in [2.75, 3.05) is 5.32 Å². The highest BCUT2D eigenvalue weighted by atomic mass is 16.4. The number of carbonyl (C=O) groups excluding carboxylic acids is 1. The van der Waals surface area contributed by atoms with Crippen LogP contribution in [-0.4, -0.2) is 33.3 Å². The molecular formula is C12H18N4O3. The van der Waals surface area contributed by atoms with Crippen LogP contribution in [0.25, 0.3) is 0 Å². The Bertz CT molecular complexity index is 478. The van der Waals surface area contributed by atoms with E-state index in [1.165, 1.54) is 0 Å². The second-order valence-corrected chi connectivity index (χ2v) is 4.89. The summed E-state index contributed by atoms with van der Waals surface area (Å²) in [6, 6.07) is -0.684. The van der Waals surface area contributed by atoms with Gasteiger partial charge in [0.05, 0.1) is 23.0 Å². The van der Waals surface area contributed by atoms with Crippen LogP contribution in [0, 0.1) is 19.8 Å². The van der Waals surface area contributed by atoms with E-state index in [1.807, 2.05) is 6.92 Å². The lowest BCUT2D eigenvalue weighted by atomic mass is 10.0. The maximum absolute atomic E-state index is 11.9. The first-order valence-corrected chi connectivity index (χ1v) is 6.31. The van der Waals surface area contributed by atoms with Gasteiger partial charge in [-0.25, -0.2) is 4.79 Å². The molecule has 0 radical (unpaired) electrons. The Morgan fingerprint density at radius 2 is 2.11 bits per heavy atom. The fraction of sp³-hybridized carbons (Fsp3) is 0.583. The van der Waals surface area contributed by atoms with Gasteiger partial charge in [-0.3, -0.25) is 9.89 Å². The number of nitrogens with one attached hydrogen (secondary N) is 3. The molecule has 2 unspecified atom stereocenters. The molecule has 1 aliphatic carbocycles. The van der Waals surface area contributed by atoms with E-state index in [9.17, 15) is 9.59 Å². The topological polar surface area (TPSA) is 107 Å². The Morgan fingerprint density at radius 1 is 1.37 bits per heavy atom. The highest BCUT2D eigenvalue weighted by Crippen LogP contribution is 2.26. The summed E-state index contributed by atoms with van der Waals surface area (Å²) in [6.07, 6.45) is 2.14. The third-order valence-corrected chi connectivity index (χ3v) is 3.52. The molecule has 0 bridgehead atoms. The van der Waals surface area contributed by atoms with Crippen LogP contribution in [0.15, 0.2) is 0 Å². The molecule has 7 heteroatoms. The van der Waals surface area contributed by atoms with Crippen molar-refractivity contribution in [3.05, 3.63) is 11.4 Å². The number of aliphatic carboxylic acids is 1. The quantitative estimate of drug-likeness (QED) is 0.663. The van der Waals surface area contributed by atoms with Crippen LogP contribution < -0.4 is 10.6 Å². The number of urea groups is 1. The molecule has 0 saturated heterocycles. The van der Waals surface area contributed by atoms with Gasteiger partial charge >= 0.3 is 12.0 Å². The van der Waals surface area contributed by atoms with Crippen molar-refractivity contribution in [1.82, 2.24) is 15.5 Å². The average Bonchev–Trinajstić information content (AvgIpc) is 2.91. The first-order chi connectivity index (χ1) is 8.99. The summed E-state index contributed by atoms with van der Waals surface area (Å²) in [5, 5.41) is 21.3. The van der Waals surface area contributed by atoms with Gasteiger partial charge in [-0.2, -0.15) is 5.10 Å². The van der Waals surface area contributed by atoms with Crippen molar-refractivity contribution in [2.24, 2.45) is 5.92 Å². The molecule has 104 valence electrons. The number of rotatable bonds is 3. The first kappa shape index (κ1) is 13.4. The average molecular weight is 266 g/mol. The molecular weight excluding hydrogens is 248 g/mol. The van der Waals surface area contributed by atoms with Crippen molar-refractivity contribution >= 4 is 17.7 Å². The summed E-state index contributed by atoms with van der Waals surface area (Å²) in [7, 11) is 0. The van der Waals surface area contributed by atoms with E-state index in [0.717, 1.165) is 12.1 Å². The SMILES string of the molecule is Cc1n[nH]c(C)c1NC(=O)NC1CCCC1C(=O)O. The maximum Gasteiger partial charge on any atom is 0.319 e. The van der Waals surface area contributed by atoms with E-state index in [1.54, 1.807) is 6.92 Å². The number of carbonyl (C=O) groups is 2. The van der Waals surface area contributed by atoms with E-state index >= 15 is 0 Å². The zero-order valence-corrected chi connectivity index (χ0v) is 11.0. The number of anilines is 1. The van der Waals surface area contributed by atoms with Crippen LogP contribution in [0.4, 0.5) is 10.5 Å². The van der Waals surface area contributed by atoms with Crippen LogP contribution in [0.2, 0.25) is 0 Å². The lowest BCUT2D eigenvalue weighted by Gasteiger charge is -2.18. The summed E-state index contributed by atoms with van der Waals surface area (Å²) in [6.45, 7) is 3.60. The number of H-pyrrole nitrogens is 1. The molecule has 7 nitrogen and oxygen atoms in total. The normalized spacial score (nSPS) is 22.2. The molecule has 1 fully saturated rings. The second-order valence-electron chi connectivity index (χ2n) is 4.89. The number of aromatic nitrogens is 2. The summed E-state index contributed by atoms with van der Waals surface area (Å²) < 4.78 is 0. The van der Waals surface area contributed by atoms with Gasteiger partial charge < -0.3 is 15.7 Å². The van der Waals surface area contributed by atoms with E-state index in [0.29, 0.717) is 24.2 Å². The molecule has 0 spiro atoms. The second kappa shape index (κ2) is 5.29. The minimum atomic E-state index is -0.849. The molecule has 1 heterocycles. The first-order valence-electron chi connectivity index (χ1n) is 6.31. The standard InChI is InChI=1S/C12H18N4O3/c1-6-10(7(2)16-15-6)14-12(19)13-9-5-3-4-8(9)11(17)18/h8-9H,3-5H2,1-2H3,(H,15,16)(H,17,18)(H2,13,14,19). The maximum atomic E-state index is 11.9. The predicted molar refractivity (Wildman–Crippen MR) is 69.0 cm³/mol. The van der Waals surface area contributed by atoms with Crippen LogP contribution >= 0.6 is 0 Å². The molecule has 2 amide bonds. The van der Waals surface area contributed by atoms with Crippen LogP contribution in [0.1, 0.15) is 30.7 Å². The number of hydrogen-bond acceptors (Lipinski definition) is 3. The van der Waals surface area contributed by atoms with Gasteiger partial charge in [0, 0.05) is 6.04 Å². The predicted octanol–water partition coefficient (Wildman–Crippen LogP) is 1.40. The van der Waals surface area contributed by atoms with E-state index in [-0.39, 0.29) is 12.1 Å². The van der Waals surface area contributed by atoms with E-state index in [2.05, 4.69) is 20.8 Å². The third kappa shape index (κ3) is 2.86. The summed E-state index contributed by atoms with van der Waals surface area (Å²) in [4.78, 5) is 22.9. The number of amides is 2. The minimum Gasteiger partial charge on any atom is -0.481 e. The van der Waals surface area contributed by atoms with Crippen molar-refractivity contribution in [3.63, 3.8) is 0 Å². The van der Waals surface area contributed by atoms with Gasteiger partial charge in [0.1, 0.15) is 0 Å². The number of carboxylic acid groups (broad SMARTS) is 1. The number of nitrogens with zero attached hydrogens (tertiary/aromatic N) is 1. The number of aryl methyl sites for hydroxylation is 2. The fourth-order valence-corrected chi connectivity index (χ4v) is 2.48. The van der Waals surface area contributed by atoms with Gasteiger partial charge in [0.2, 0.25) is 0 Å². The molecule has 1 aliphatic rings. The summed E-state index contributed by atoms with van der Waals surface area (Å²) in [5.41, 5.74) is 2.12. The number of carboxylic acids is 1. The van der Waals surface area contributed by atoms with Gasteiger partial charge in [-0.15, -0.1) is 0 Å². The molecule has 0 aliphatic heterocycles. The van der Waals surface area contributed by atoms with Crippen molar-refractivity contribution in [3.8, 4) is 0 Å². The Kier molecular flexibility index (Phi) is 3.73. The summed E-state index contributed by atoms with van der Waals surface area (Å²) in [5.74, 6) is -1.34. The Morgan fingerprint density at radius 3 is 2.68 bits per heavy atom. The van der Waals surface area contributed by atoms with Crippen molar-refractivity contribution < 1.29 is 14.7 Å². The molecule has 19 heavy (non-hydrogen) atoms. The zero-order chi connectivity index (χ0) is 14.0. The van der Waals surface area contributed by atoms with Crippen LogP contribution in [0.5, 0.6) is 0 Å². The smallest absolute Gasteiger partial charge is 0.319 e. The fourth-order valence-electron chi connectivity index (χ4n) is 2.48. The molecule has 2 rings (SSSR count). The zero-order valence-electron chi connectivity index (χ0n) is 11.0. The molecule has 4 N–H and O–H groups in total. The van der Waals surface area contributed by atoms with Crippen molar-refractivity contribution in [2.45, 2.75) is 39.2 Å². The van der Waals surface area contributed by atoms with E-state index in [4.69, 9.17) is 5.11 Å². The highest BCUT2D eigenvalue weighted by Gasteiger charge is 2.33. The molecule has 1 aromatic heterocycles. The van der Waals surface area contributed by atoms with Gasteiger partial charge in [0.25, 0.3) is 0 Å². The highest BCUT2D eigenvalue weighted by molar-refractivity contribution is 5.91. The third-order valence-electron chi connectivity index (χ3n) is 3.52. The van der Waals surface area contributed by atoms with Gasteiger partial charge in [-0.1, -0.05) is 6.42 Å². The van der Waals surface area contributed by atoms with Gasteiger partial charge in [-0.05, 0) is 26.7 Å². The van der Waals surface area contributed by atoms with E-state index < -0.39 is 11.9 Å². The number of hydrogen-bond donors (Lipinski definition) is 4. The molecule has 1 saturated carbocycles. The lowest BCUT2D eigenvalue weighted by molar-refractivity contribution is -0.142. The van der Waals surface area contributed by atoms with Gasteiger partial charge in [0.15, 0.2) is 0 Å². The largest absolute Gasteiger partial charge is 0.481 e.